The Morgan fingerprint density at radius 2 is 2.06 bits per heavy atom. The highest BCUT2D eigenvalue weighted by Crippen LogP contribution is 2.03. The van der Waals surface area contributed by atoms with Gasteiger partial charge in [-0.3, -0.25) is 9.88 Å². The van der Waals surface area contributed by atoms with Gasteiger partial charge < -0.3 is 9.84 Å². The molecule has 17 heavy (non-hydrogen) atoms. The van der Waals surface area contributed by atoms with E-state index in [4.69, 9.17) is 4.74 Å². The van der Waals surface area contributed by atoms with Gasteiger partial charge in [0.05, 0.1) is 19.3 Å². The molecule has 2 rings (SSSR count). The first-order valence-electron chi connectivity index (χ1n) is 5.91. The number of aromatic nitrogens is 1. The van der Waals surface area contributed by atoms with E-state index in [-0.39, 0.29) is 0 Å². The molecule has 1 aromatic rings. The molecule has 1 atom stereocenters. The first kappa shape index (κ1) is 12.2. The van der Waals surface area contributed by atoms with Crippen LogP contribution in [0.2, 0.25) is 0 Å². The molecule has 0 bridgehead atoms. The molecule has 1 saturated heterocycles. The van der Waals surface area contributed by atoms with E-state index in [0.29, 0.717) is 6.54 Å². The average Bonchev–Trinajstić information content (AvgIpc) is 2.39. The summed E-state index contributed by atoms with van der Waals surface area (Å²) in [6.45, 7) is 4.01. The highest BCUT2D eigenvalue weighted by atomic mass is 16.5. The maximum atomic E-state index is 9.88. The van der Waals surface area contributed by atoms with Crippen LogP contribution in [-0.2, 0) is 4.74 Å². The van der Waals surface area contributed by atoms with Gasteiger partial charge >= 0.3 is 0 Å². The summed E-state index contributed by atoms with van der Waals surface area (Å²) >= 11 is 0. The fourth-order valence-electron chi connectivity index (χ4n) is 1.81. The molecule has 4 heteroatoms. The summed E-state index contributed by atoms with van der Waals surface area (Å²) in [4.78, 5) is 6.16. The van der Waals surface area contributed by atoms with E-state index in [1.165, 1.54) is 0 Å². The van der Waals surface area contributed by atoms with Gasteiger partial charge in [-0.1, -0.05) is 12.2 Å². The Morgan fingerprint density at radius 1 is 1.35 bits per heavy atom. The van der Waals surface area contributed by atoms with Crippen molar-refractivity contribution in [3.05, 3.63) is 36.2 Å². The second kappa shape index (κ2) is 6.49. The van der Waals surface area contributed by atoms with Crippen molar-refractivity contribution in [1.29, 1.82) is 0 Å². The molecule has 2 heterocycles. The zero-order valence-electron chi connectivity index (χ0n) is 9.83. The van der Waals surface area contributed by atoms with Crippen LogP contribution in [0.1, 0.15) is 5.56 Å². The summed E-state index contributed by atoms with van der Waals surface area (Å²) < 4.78 is 5.26. The molecule has 1 unspecified atom stereocenters. The number of morpholine rings is 1. The molecule has 1 fully saturated rings. The minimum absolute atomic E-state index is 0.429. The Hall–Kier alpha value is -1.23. The maximum Gasteiger partial charge on any atom is 0.0851 e. The number of aliphatic hydroxyl groups is 1. The van der Waals surface area contributed by atoms with E-state index in [2.05, 4.69) is 9.88 Å². The zero-order valence-corrected chi connectivity index (χ0v) is 9.83. The van der Waals surface area contributed by atoms with Crippen molar-refractivity contribution in [2.75, 3.05) is 32.8 Å². The van der Waals surface area contributed by atoms with E-state index in [0.717, 1.165) is 31.9 Å². The molecule has 0 radical (unpaired) electrons. The average molecular weight is 234 g/mol. The van der Waals surface area contributed by atoms with Gasteiger partial charge in [0.25, 0.3) is 0 Å². The molecule has 92 valence electrons. The quantitative estimate of drug-likeness (QED) is 0.836. The van der Waals surface area contributed by atoms with Gasteiger partial charge in [-0.05, 0) is 17.7 Å². The Labute approximate surface area is 102 Å². The van der Waals surface area contributed by atoms with Crippen LogP contribution in [0.15, 0.2) is 30.6 Å². The van der Waals surface area contributed by atoms with Crippen LogP contribution in [0.4, 0.5) is 0 Å². The molecular formula is C13H18N2O2. The minimum atomic E-state index is -0.429. The third-order valence-corrected chi connectivity index (χ3v) is 2.77. The largest absolute Gasteiger partial charge is 0.388 e. The fraction of sp³-hybridized carbons (Fsp3) is 0.462. The van der Waals surface area contributed by atoms with Crippen LogP contribution < -0.4 is 0 Å². The SMILES string of the molecule is OC(/C=C\c1ccncc1)CN1CCOCC1. The molecule has 4 nitrogen and oxygen atoms in total. The fourth-order valence-corrected chi connectivity index (χ4v) is 1.81. The third kappa shape index (κ3) is 4.26. The van der Waals surface area contributed by atoms with Crippen LogP contribution in [0.25, 0.3) is 6.08 Å². The number of nitrogens with zero attached hydrogens (tertiary/aromatic N) is 2. The molecular weight excluding hydrogens is 216 g/mol. The standard InChI is InChI=1S/C13H18N2O2/c16-13(11-15-7-9-17-10-8-15)2-1-12-3-5-14-6-4-12/h1-6,13,16H,7-11H2/b2-1-. The van der Waals surface area contributed by atoms with Crippen molar-refractivity contribution in [3.63, 3.8) is 0 Å². The highest BCUT2D eigenvalue weighted by molar-refractivity contribution is 5.48. The van der Waals surface area contributed by atoms with Crippen LogP contribution in [0.3, 0.4) is 0 Å². The Balaban J connectivity index is 1.80. The third-order valence-electron chi connectivity index (χ3n) is 2.77. The normalized spacial score (nSPS) is 19.6. The summed E-state index contributed by atoms with van der Waals surface area (Å²) in [6.07, 6.45) is 6.81. The van der Waals surface area contributed by atoms with Crippen molar-refractivity contribution >= 4 is 6.08 Å². The monoisotopic (exact) mass is 234 g/mol. The first-order valence-corrected chi connectivity index (χ1v) is 5.91. The summed E-state index contributed by atoms with van der Waals surface area (Å²) in [5.41, 5.74) is 1.06. The molecule has 0 aromatic carbocycles. The number of rotatable bonds is 4. The van der Waals surface area contributed by atoms with Gasteiger partial charge in [-0.25, -0.2) is 0 Å². The molecule has 1 aliphatic rings. The van der Waals surface area contributed by atoms with Crippen LogP contribution in [0, 0.1) is 0 Å². The van der Waals surface area contributed by atoms with E-state index >= 15 is 0 Å². The molecule has 1 aliphatic heterocycles. The first-order chi connectivity index (χ1) is 8.34. The lowest BCUT2D eigenvalue weighted by molar-refractivity contribution is 0.0223. The lowest BCUT2D eigenvalue weighted by Crippen LogP contribution is -2.40. The number of pyridine rings is 1. The Kier molecular flexibility index (Phi) is 4.67. The minimum Gasteiger partial charge on any atom is -0.388 e. The smallest absolute Gasteiger partial charge is 0.0851 e. The van der Waals surface area contributed by atoms with E-state index < -0.39 is 6.10 Å². The lowest BCUT2D eigenvalue weighted by Gasteiger charge is -2.27. The Bertz CT molecular complexity index is 348. The topological polar surface area (TPSA) is 45.6 Å². The summed E-state index contributed by atoms with van der Waals surface area (Å²) in [7, 11) is 0. The van der Waals surface area contributed by atoms with Crippen LogP contribution in [-0.4, -0.2) is 53.9 Å². The van der Waals surface area contributed by atoms with Gasteiger partial charge in [0.15, 0.2) is 0 Å². The molecule has 1 N–H and O–H groups in total. The van der Waals surface area contributed by atoms with Crippen LogP contribution in [0.5, 0.6) is 0 Å². The van der Waals surface area contributed by atoms with Gasteiger partial charge in [0.1, 0.15) is 0 Å². The van der Waals surface area contributed by atoms with Crippen LogP contribution >= 0.6 is 0 Å². The van der Waals surface area contributed by atoms with Crippen molar-refractivity contribution in [2.45, 2.75) is 6.10 Å². The molecule has 0 spiro atoms. The van der Waals surface area contributed by atoms with Crippen molar-refractivity contribution in [2.24, 2.45) is 0 Å². The lowest BCUT2D eigenvalue weighted by atomic mass is 10.2. The Morgan fingerprint density at radius 3 is 2.76 bits per heavy atom. The van der Waals surface area contributed by atoms with Crippen molar-refractivity contribution < 1.29 is 9.84 Å². The van der Waals surface area contributed by atoms with Gasteiger partial charge in [-0.2, -0.15) is 0 Å². The van der Waals surface area contributed by atoms with Gasteiger partial charge in [0, 0.05) is 32.0 Å². The van der Waals surface area contributed by atoms with E-state index in [9.17, 15) is 5.11 Å². The second-order valence-electron chi connectivity index (χ2n) is 4.12. The molecule has 0 amide bonds. The predicted octanol–water partition coefficient (Wildman–Crippen LogP) is 0.788. The summed E-state index contributed by atoms with van der Waals surface area (Å²) in [6, 6.07) is 3.83. The number of β-amino-alcohol motifs (C(OH)–C–C–N with tert-alkyl or cyclic N) is 1. The summed E-state index contributed by atoms with van der Waals surface area (Å²) in [5.74, 6) is 0. The molecule has 0 aliphatic carbocycles. The molecule has 1 aromatic heterocycles. The van der Waals surface area contributed by atoms with Crippen molar-refractivity contribution in [1.82, 2.24) is 9.88 Å². The van der Waals surface area contributed by atoms with E-state index in [1.807, 2.05) is 24.3 Å². The zero-order chi connectivity index (χ0) is 11.9. The summed E-state index contributed by atoms with van der Waals surface area (Å²) in [5, 5.41) is 9.88. The molecule has 0 saturated carbocycles. The van der Waals surface area contributed by atoms with Gasteiger partial charge in [-0.15, -0.1) is 0 Å². The van der Waals surface area contributed by atoms with Crippen molar-refractivity contribution in [3.8, 4) is 0 Å². The number of ether oxygens (including phenoxy) is 1. The number of hydrogen-bond acceptors (Lipinski definition) is 4. The second-order valence-corrected chi connectivity index (χ2v) is 4.12. The number of hydrogen-bond donors (Lipinski definition) is 1. The van der Waals surface area contributed by atoms with Gasteiger partial charge in [0.2, 0.25) is 0 Å². The number of aliphatic hydroxyl groups excluding tert-OH is 1. The highest BCUT2D eigenvalue weighted by Gasteiger charge is 2.12. The predicted molar refractivity (Wildman–Crippen MR) is 66.5 cm³/mol. The van der Waals surface area contributed by atoms with E-state index in [1.54, 1.807) is 12.4 Å². The maximum absolute atomic E-state index is 9.88.